The summed E-state index contributed by atoms with van der Waals surface area (Å²) in [4.78, 5) is 68.3. The van der Waals surface area contributed by atoms with Gasteiger partial charge < -0.3 is 40.7 Å². The number of aliphatic hydroxyl groups excluding tert-OH is 4. The van der Waals surface area contributed by atoms with Crippen molar-refractivity contribution < 1.29 is 43.3 Å². The molecule has 0 aliphatic carbocycles. The average Bonchev–Trinajstić information content (AvgIpc) is 3.18. The molecule has 0 spiro atoms. The van der Waals surface area contributed by atoms with Gasteiger partial charge in [0.1, 0.15) is 60.5 Å². The molecule has 4 aromatic heterocycles. The van der Waals surface area contributed by atoms with Gasteiger partial charge in [-0.1, -0.05) is 0 Å². The summed E-state index contributed by atoms with van der Waals surface area (Å²) in [6.07, 6.45) is -0.431. The number of nitrogens with one attached hydrogen (secondary N) is 2. The van der Waals surface area contributed by atoms with Crippen molar-refractivity contribution in [3.8, 4) is 0 Å². The van der Waals surface area contributed by atoms with Crippen molar-refractivity contribution in [2.75, 3.05) is 37.1 Å². The van der Waals surface area contributed by atoms with Crippen molar-refractivity contribution in [3.63, 3.8) is 0 Å². The van der Waals surface area contributed by atoms with Gasteiger partial charge in [0.2, 0.25) is 5.82 Å². The van der Waals surface area contributed by atoms with Gasteiger partial charge in [-0.25, -0.2) is 18.7 Å². The summed E-state index contributed by atoms with van der Waals surface area (Å²) in [5.74, 6) is -2.56. The van der Waals surface area contributed by atoms with Crippen molar-refractivity contribution >= 4 is 90.0 Å². The fourth-order valence-electron chi connectivity index (χ4n) is 4.98. The lowest BCUT2D eigenvalue weighted by Crippen LogP contribution is -2.35. The first-order chi connectivity index (χ1) is 27.1. The standard InChI is InChI=1S/C17H15F2IN4O5.C17H16FIN4O5/c1-23-15-12(16(27)24(7-21-15)29-6-9(26)5-25)14(13(19)17(23)28)22-11-3-2-8(20)4-10(11)18;1-22-14(26)5-13(21-12-3-2-9(19)4-11(12)18)15-16(22)20-8-23(17(15)27)28-7-10(25)6-24/h2-4,7,9,22,25-26H,5-6H2,1H3;2-5,8,10,21,24-25H,6-7H2,1H3/t9-;10-/m11/s1. The second-order valence-corrected chi connectivity index (χ2v) is 14.4. The van der Waals surface area contributed by atoms with Crippen LogP contribution < -0.4 is 42.5 Å². The molecule has 4 heterocycles. The Morgan fingerprint density at radius 2 is 1.16 bits per heavy atom. The highest BCUT2D eigenvalue weighted by atomic mass is 127. The van der Waals surface area contributed by atoms with E-state index in [2.05, 4.69) is 20.6 Å². The Morgan fingerprint density at radius 3 is 1.65 bits per heavy atom. The molecule has 2 aromatic carbocycles. The van der Waals surface area contributed by atoms with Gasteiger partial charge in [0.05, 0.1) is 36.0 Å². The van der Waals surface area contributed by atoms with Gasteiger partial charge in [0.15, 0.2) is 11.3 Å². The molecule has 0 aliphatic rings. The molecular weight excluding hydrogens is 991 g/mol. The summed E-state index contributed by atoms with van der Waals surface area (Å²) in [6.45, 7) is -1.92. The van der Waals surface area contributed by atoms with Gasteiger partial charge in [-0.2, -0.15) is 4.39 Å². The van der Waals surface area contributed by atoms with E-state index in [1.165, 1.54) is 42.9 Å². The van der Waals surface area contributed by atoms with E-state index in [4.69, 9.17) is 19.9 Å². The van der Waals surface area contributed by atoms with E-state index in [0.29, 0.717) is 11.9 Å². The number of hydrogen-bond donors (Lipinski definition) is 6. The van der Waals surface area contributed by atoms with Crippen LogP contribution in [-0.2, 0) is 14.1 Å². The van der Waals surface area contributed by atoms with Crippen molar-refractivity contribution in [1.29, 1.82) is 0 Å². The van der Waals surface area contributed by atoms with E-state index < -0.39 is 77.4 Å². The molecular formula is C34H31F3I2N8O10. The predicted molar refractivity (Wildman–Crippen MR) is 216 cm³/mol. The number of benzene rings is 2. The third-order valence-corrected chi connectivity index (χ3v) is 9.28. The maximum absolute atomic E-state index is 14.8. The van der Waals surface area contributed by atoms with Crippen molar-refractivity contribution in [1.82, 2.24) is 28.6 Å². The second kappa shape index (κ2) is 18.4. The Balaban J connectivity index is 0.000000218. The van der Waals surface area contributed by atoms with E-state index in [0.717, 1.165) is 28.0 Å². The zero-order chi connectivity index (χ0) is 41.7. The van der Waals surface area contributed by atoms with Gasteiger partial charge in [0.25, 0.3) is 22.2 Å². The molecule has 0 aliphatic heterocycles. The number of aromatic nitrogens is 6. The minimum Gasteiger partial charge on any atom is -0.406 e. The van der Waals surface area contributed by atoms with Crippen LogP contribution in [-0.4, -0.2) is 87.6 Å². The maximum Gasteiger partial charge on any atom is 0.297 e. The lowest BCUT2D eigenvalue weighted by atomic mass is 10.2. The van der Waals surface area contributed by atoms with Crippen LogP contribution in [0.15, 0.2) is 74.3 Å². The summed E-state index contributed by atoms with van der Waals surface area (Å²) in [5.41, 5.74) is -3.70. The minimum atomic E-state index is -1.30. The number of hydrogen-bond acceptors (Lipinski definition) is 14. The summed E-state index contributed by atoms with van der Waals surface area (Å²) in [6, 6.07) is 9.72. The SMILES string of the molecule is Cn1c(=O)c(F)c(Nc2ccc(I)cc2F)c2c(=O)n(OC[C@H](O)CO)cnc21.Cn1c(=O)cc(Nc2ccc(I)cc2F)c2c(=O)n(OC[C@H](O)CO)cnc21. The molecule has 0 radical (unpaired) electrons. The Labute approximate surface area is 344 Å². The highest BCUT2D eigenvalue weighted by molar-refractivity contribution is 14.1. The number of aryl methyl sites for hydroxylation is 2. The van der Waals surface area contributed by atoms with Crippen LogP contribution in [0.5, 0.6) is 0 Å². The lowest BCUT2D eigenvalue weighted by Gasteiger charge is -2.15. The molecule has 23 heteroatoms. The molecule has 0 saturated carbocycles. The number of aliphatic hydroxyl groups is 4. The van der Waals surface area contributed by atoms with Crippen molar-refractivity contribution in [3.05, 3.63) is 121 Å². The van der Waals surface area contributed by atoms with Crippen LogP contribution in [0, 0.1) is 24.6 Å². The van der Waals surface area contributed by atoms with Gasteiger partial charge in [-0.3, -0.25) is 28.3 Å². The minimum absolute atomic E-state index is 0.000961. The van der Waals surface area contributed by atoms with Crippen LogP contribution in [0.3, 0.4) is 0 Å². The first-order valence-electron chi connectivity index (χ1n) is 16.3. The summed E-state index contributed by atoms with van der Waals surface area (Å²) in [5, 5.41) is 41.3. The Kier molecular flexibility index (Phi) is 13.9. The van der Waals surface area contributed by atoms with Crippen LogP contribution in [0.1, 0.15) is 0 Å². The molecule has 57 heavy (non-hydrogen) atoms. The lowest BCUT2D eigenvalue weighted by molar-refractivity contribution is -0.00415. The van der Waals surface area contributed by atoms with Crippen LogP contribution in [0.25, 0.3) is 22.1 Å². The smallest absolute Gasteiger partial charge is 0.297 e. The Hall–Kier alpha value is -5.09. The zero-order valence-corrected chi connectivity index (χ0v) is 33.8. The third kappa shape index (κ3) is 9.55. The van der Waals surface area contributed by atoms with E-state index in [-0.39, 0.29) is 45.7 Å². The number of pyridine rings is 2. The predicted octanol–water partition coefficient (Wildman–Crippen LogP) is 0.868. The third-order valence-electron chi connectivity index (χ3n) is 7.93. The topological polar surface area (TPSA) is 237 Å². The van der Waals surface area contributed by atoms with Gasteiger partial charge in [-0.15, -0.1) is 9.46 Å². The van der Waals surface area contributed by atoms with Crippen molar-refractivity contribution in [2.24, 2.45) is 14.1 Å². The molecule has 2 atom stereocenters. The molecule has 0 amide bonds. The monoisotopic (exact) mass is 1020 g/mol. The van der Waals surface area contributed by atoms with Gasteiger partial charge in [-0.05, 0) is 81.6 Å². The number of halogens is 5. The molecule has 6 aromatic rings. The van der Waals surface area contributed by atoms with E-state index >= 15 is 0 Å². The number of anilines is 4. The second-order valence-electron chi connectivity index (χ2n) is 11.9. The molecule has 0 fully saturated rings. The molecule has 0 bridgehead atoms. The van der Waals surface area contributed by atoms with Gasteiger partial charge >= 0.3 is 0 Å². The summed E-state index contributed by atoms with van der Waals surface area (Å²) >= 11 is 3.86. The highest BCUT2D eigenvalue weighted by Gasteiger charge is 2.22. The number of rotatable bonds is 12. The van der Waals surface area contributed by atoms with Crippen LogP contribution in [0.4, 0.5) is 35.9 Å². The largest absolute Gasteiger partial charge is 0.406 e. The zero-order valence-electron chi connectivity index (χ0n) is 29.5. The maximum atomic E-state index is 14.8. The number of fused-ring (bicyclic) bond motifs is 2. The fraction of sp³-hybridized carbons (Fsp3) is 0.235. The molecule has 302 valence electrons. The normalized spacial score (nSPS) is 12.2. The summed E-state index contributed by atoms with van der Waals surface area (Å²) < 4.78 is 47.9. The first kappa shape index (κ1) is 43.0. The van der Waals surface area contributed by atoms with Gasteiger partial charge in [0, 0.05) is 27.3 Å². The quantitative estimate of drug-likeness (QED) is 0.0935. The average molecular weight is 1020 g/mol. The van der Waals surface area contributed by atoms with Crippen LogP contribution >= 0.6 is 45.2 Å². The molecule has 0 unspecified atom stereocenters. The summed E-state index contributed by atoms with van der Waals surface area (Å²) in [7, 11) is 2.68. The number of nitrogens with zero attached hydrogens (tertiary/aromatic N) is 6. The van der Waals surface area contributed by atoms with Crippen molar-refractivity contribution in [2.45, 2.75) is 12.2 Å². The fourth-order valence-corrected chi connectivity index (χ4v) is 5.89. The van der Waals surface area contributed by atoms with E-state index in [1.807, 2.05) is 45.2 Å². The molecule has 6 rings (SSSR count). The molecule has 18 nitrogen and oxygen atoms in total. The first-order valence-corrected chi connectivity index (χ1v) is 18.4. The van der Waals surface area contributed by atoms with Crippen LogP contribution in [0.2, 0.25) is 0 Å². The van der Waals surface area contributed by atoms with E-state index in [9.17, 15) is 42.6 Å². The highest BCUT2D eigenvalue weighted by Crippen LogP contribution is 2.27. The Bertz CT molecular complexity index is 2710. The molecule has 6 N–H and O–H groups in total. The molecule has 0 saturated heterocycles. The Morgan fingerprint density at radius 1 is 0.684 bits per heavy atom. The van der Waals surface area contributed by atoms with E-state index in [1.54, 1.807) is 12.1 Å².